The number of nitrogens with one attached hydrogen (secondary N) is 2. The van der Waals surface area contributed by atoms with Crippen LogP contribution in [0.1, 0.15) is 53.1 Å². The number of carbonyl (C=O) groups excluding carboxylic acids is 1. The molecule has 0 bridgehead atoms. The lowest BCUT2D eigenvalue weighted by atomic mass is 9.96. The number of nitrogens with zero attached hydrogens (tertiary/aromatic N) is 2. The van der Waals surface area contributed by atoms with Crippen molar-refractivity contribution in [3.63, 3.8) is 0 Å². The highest BCUT2D eigenvalue weighted by Gasteiger charge is 2.38. The number of aryl methyl sites for hydroxylation is 2. The van der Waals surface area contributed by atoms with Gasteiger partial charge >= 0.3 is 0 Å². The quantitative estimate of drug-likeness (QED) is 0.282. The van der Waals surface area contributed by atoms with Crippen molar-refractivity contribution in [2.75, 3.05) is 26.2 Å². The van der Waals surface area contributed by atoms with Crippen LogP contribution in [0.4, 0.5) is 0 Å². The Bertz CT molecular complexity index is 1280. The Hall–Kier alpha value is -3.26. The minimum absolute atomic E-state index is 0.0164. The number of hydrogen-bond acceptors (Lipinski definition) is 5. The second-order valence-corrected chi connectivity index (χ2v) is 10.9. The van der Waals surface area contributed by atoms with Crippen LogP contribution < -0.4 is 16.4 Å². The van der Waals surface area contributed by atoms with E-state index in [2.05, 4.69) is 34.5 Å². The van der Waals surface area contributed by atoms with E-state index in [0.717, 1.165) is 43.0 Å². The molecule has 5 rings (SSSR count). The van der Waals surface area contributed by atoms with E-state index in [1.54, 1.807) is 35.3 Å². The number of aromatic nitrogens is 1. The first-order chi connectivity index (χ1) is 18.5. The number of likely N-dealkylation sites (tertiary alicyclic amines) is 1. The van der Waals surface area contributed by atoms with Gasteiger partial charge in [-0.25, -0.2) is 5.48 Å². The molecule has 7 heteroatoms. The Morgan fingerprint density at radius 1 is 1.00 bits per heavy atom. The van der Waals surface area contributed by atoms with Gasteiger partial charge in [0.1, 0.15) is 0 Å². The zero-order valence-electron chi connectivity index (χ0n) is 22.1. The third kappa shape index (κ3) is 6.59. The van der Waals surface area contributed by atoms with Gasteiger partial charge in [-0.05, 0) is 105 Å². The molecular weight excluding hydrogens is 476 g/mol. The predicted molar refractivity (Wildman–Crippen MR) is 149 cm³/mol. The minimum atomic E-state index is -0.473. The maximum Gasteiger partial charge on any atom is 0.274 e. The average Bonchev–Trinajstić information content (AvgIpc) is 3.74. The molecule has 1 amide bonds. The summed E-state index contributed by atoms with van der Waals surface area (Å²) in [4.78, 5) is 25.9. The first-order valence-corrected chi connectivity index (χ1v) is 13.8. The highest BCUT2D eigenvalue weighted by atomic mass is 16.5. The fourth-order valence-electron chi connectivity index (χ4n) is 5.57. The van der Waals surface area contributed by atoms with Crippen molar-refractivity contribution >= 4 is 5.91 Å². The summed E-state index contributed by atoms with van der Waals surface area (Å²) in [6.07, 6.45) is 7.63. The summed E-state index contributed by atoms with van der Waals surface area (Å²) in [5, 5.41) is 12.5. The summed E-state index contributed by atoms with van der Waals surface area (Å²) in [7, 11) is 1.77. The zero-order chi connectivity index (χ0) is 26.5. The lowest BCUT2D eigenvalue weighted by Gasteiger charge is -2.32. The number of hydrogen-bond donors (Lipinski definition) is 3. The maximum absolute atomic E-state index is 11.9. The number of amides is 1. The summed E-state index contributed by atoms with van der Waals surface area (Å²) in [5.41, 5.74) is 6.83. The molecule has 38 heavy (non-hydrogen) atoms. The standard InChI is InChI=1S/C31H38N4O3/c1-34-16-14-27(19-30(34)36)24-8-10-25(11-9-24)28-20-29(28)32-21-23-12-17-35(18-13-23)15-2-3-22-4-6-26(7-5-22)31(37)33-38/h4-11,14,16,19,23,28-29,32,38H,2-3,12-13,15,17-18,20-21H2,1H3,(H,33,37)/t28-,29+/m1/s1. The normalized spacial score (nSPS) is 19.8. The van der Waals surface area contributed by atoms with E-state index in [-0.39, 0.29) is 5.56 Å². The van der Waals surface area contributed by atoms with Gasteiger partial charge in [0.15, 0.2) is 0 Å². The number of piperidine rings is 1. The first-order valence-electron chi connectivity index (χ1n) is 13.8. The second kappa shape index (κ2) is 12.1. The van der Waals surface area contributed by atoms with Crippen molar-refractivity contribution in [3.8, 4) is 11.1 Å². The number of rotatable bonds is 10. The van der Waals surface area contributed by atoms with Crippen LogP contribution in [0, 0.1) is 5.92 Å². The van der Waals surface area contributed by atoms with Crippen LogP contribution in [0.15, 0.2) is 71.7 Å². The molecule has 2 atom stereocenters. The van der Waals surface area contributed by atoms with Crippen molar-refractivity contribution < 1.29 is 10.0 Å². The molecule has 2 fully saturated rings. The molecule has 7 nitrogen and oxygen atoms in total. The van der Waals surface area contributed by atoms with Gasteiger partial charge < -0.3 is 14.8 Å². The lowest BCUT2D eigenvalue weighted by Crippen LogP contribution is -2.38. The maximum atomic E-state index is 11.9. The topological polar surface area (TPSA) is 86.6 Å². The fraction of sp³-hybridized carbons (Fsp3) is 0.419. The van der Waals surface area contributed by atoms with Gasteiger partial charge in [0.2, 0.25) is 0 Å². The smallest absolute Gasteiger partial charge is 0.274 e. The van der Waals surface area contributed by atoms with E-state index < -0.39 is 5.91 Å². The summed E-state index contributed by atoms with van der Waals surface area (Å²) >= 11 is 0. The highest BCUT2D eigenvalue weighted by Crippen LogP contribution is 2.41. The molecule has 1 aliphatic carbocycles. The largest absolute Gasteiger partial charge is 0.319 e. The number of benzene rings is 2. The molecule has 3 N–H and O–H groups in total. The van der Waals surface area contributed by atoms with Crippen molar-refractivity contribution in [1.29, 1.82) is 0 Å². The van der Waals surface area contributed by atoms with Gasteiger partial charge in [0.05, 0.1) is 0 Å². The Balaban J connectivity index is 0.986. The third-order valence-corrected chi connectivity index (χ3v) is 8.20. The van der Waals surface area contributed by atoms with Crippen molar-refractivity contribution in [2.24, 2.45) is 13.0 Å². The van der Waals surface area contributed by atoms with Crippen molar-refractivity contribution in [1.82, 2.24) is 20.3 Å². The Morgan fingerprint density at radius 3 is 2.42 bits per heavy atom. The lowest BCUT2D eigenvalue weighted by molar-refractivity contribution is 0.0706. The van der Waals surface area contributed by atoms with Gasteiger partial charge in [-0.3, -0.25) is 14.8 Å². The van der Waals surface area contributed by atoms with Crippen molar-refractivity contribution in [2.45, 2.75) is 44.1 Å². The van der Waals surface area contributed by atoms with E-state index in [4.69, 9.17) is 5.21 Å². The van der Waals surface area contributed by atoms with E-state index in [1.807, 2.05) is 24.4 Å². The van der Waals surface area contributed by atoms with Crippen LogP contribution >= 0.6 is 0 Å². The SMILES string of the molecule is Cn1ccc(-c2ccc([C@H]3C[C@@H]3NCC3CCN(CCCc4ccc(C(=O)NO)cc4)CC3)cc2)cc1=O. The van der Waals surface area contributed by atoms with E-state index in [0.29, 0.717) is 17.5 Å². The van der Waals surface area contributed by atoms with Gasteiger partial charge in [-0.15, -0.1) is 0 Å². The van der Waals surface area contributed by atoms with Crippen LogP contribution in [-0.4, -0.2) is 52.8 Å². The van der Waals surface area contributed by atoms with Crippen molar-refractivity contribution in [3.05, 3.63) is 93.9 Å². The first kappa shape index (κ1) is 26.4. The monoisotopic (exact) mass is 514 g/mol. The molecule has 1 saturated carbocycles. The minimum Gasteiger partial charge on any atom is -0.319 e. The second-order valence-electron chi connectivity index (χ2n) is 10.9. The van der Waals surface area contributed by atoms with Crippen LogP contribution in [-0.2, 0) is 13.5 Å². The predicted octanol–water partition coefficient (Wildman–Crippen LogP) is 3.96. The molecule has 1 aliphatic heterocycles. The van der Waals surface area contributed by atoms with Crippen LogP contribution in [0.5, 0.6) is 0 Å². The van der Waals surface area contributed by atoms with Gasteiger partial charge in [-0.1, -0.05) is 36.4 Å². The zero-order valence-corrected chi connectivity index (χ0v) is 22.1. The van der Waals surface area contributed by atoms with Gasteiger partial charge in [0.25, 0.3) is 11.5 Å². The van der Waals surface area contributed by atoms with E-state index in [1.165, 1.54) is 43.5 Å². The number of carbonyl (C=O) groups is 1. The number of hydroxylamine groups is 1. The molecule has 0 unspecified atom stereocenters. The molecule has 1 aromatic heterocycles. The fourth-order valence-corrected chi connectivity index (χ4v) is 5.57. The molecule has 2 heterocycles. The molecule has 2 aliphatic rings. The van der Waals surface area contributed by atoms with Crippen LogP contribution in [0.3, 0.4) is 0 Å². The van der Waals surface area contributed by atoms with Crippen LogP contribution in [0.2, 0.25) is 0 Å². The summed E-state index contributed by atoms with van der Waals surface area (Å²) in [6, 6.07) is 20.4. The van der Waals surface area contributed by atoms with Gasteiger partial charge in [-0.2, -0.15) is 0 Å². The molecular formula is C31H38N4O3. The Morgan fingerprint density at radius 2 is 1.74 bits per heavy atom. The average molecular weight is 515 g/mol. The third-order valence-electron chi connectivity index (χ3n) is 8.20. The Kier molecular flexibility index (Phi) is 8.37. The molecule has 200 valence electrons. The number of pyridine rings is 1. The van der Waals surface area contributed by atoms with Crippen LogP contribution in [0.25, 0.3) is 11.1 Å². The highest BCUT2D eigenvalue weighted by molar-refractivity contribution is 5.93. The summed E-state index contributed by atoms with van der Waals surface area (Å²) in [6.45, 7) is 4.55. The van der Waals surface area contributed by atoms with E-state index in [9.17, 15) is 9.59 Å². The molecule has 0 radical (unpaired) electrons. The Labute approximate surface area is 224 Å². The van der Waals surface area contributed by atoms with Gasteiger partial charge in [0, 0.05) is 36.8 Å². The molecule has 3 aromatic rings. The summed E-state index contributed by atoms with van der Waals surface area (Å²) in [5.74, 6) is 0.874. The van der Waals surface area contributed by atoms with E-state index >= 15 is 0 Å². The summed E-state index contributed by atoms with van der Waals surface area (Å²) < 4.78 is 1.59. The molecule has 1 saturated heterocycles. The molecule has 0 spiro atoms. The molecule has 2 aromatic carbocycles.